The number of anilines is 1. The molecule has 0 aromatic carbocycles. The summed E-state index contributed by atoms with van der Waals surface area (Å²) in [7, 11) is 0. The van der Waals surface area contributed by atoms with E-state index in [0.29, 0.717) is 11.1 Å². The normalized spacial score (nSPS) is 26.0. The minimum Gasteiger partial charge on any atom is -0.392 e. The average Bonchev–Trinajstić information content (AvgIpc) is 2.87. The van der Waals surface area contributed by atoms with Gasteiger partial charge in [-0.15, -0.1) is 0 Å². The molecular formula is C13H19ClN4O. The Hall–Kier alpha value is -0.910. The van der Waals surface area contributed by atoms with E-state index in [4.69, 9.17) is 11.6 Å². The molecule has 0 spiro atoms. The van der Waals surface area contributed by atoms with Crippen LogP contribution in [0.25, 0.3) is 0 Å². The SMILES string of the molecule is OC1CCN(C2CCN(c3ncc(Cl)cn3)CC2)C1. The predicted octanol–water partition coefficient (Wildman–Crippen LogP) is 1.17. The molecule has 1 aromatic heterocycles. The molecule has 3 heterocycles. The number of aromatic nitrogens is 2. The van der Waals surface area contributed by atoms with Gasteiger partial charge in [0.1, 0.15) is 0 Å². The van der Waals surface area contributed by atoms with Crippen LogP contribution >= 0.6 is 11.6 Å². The highest BCUT2D eigenvalue weighted by Gasteiger charge is 2.30. The smallest absolute Gasteiger partial charge is 0.225 e. The second kappa shape index (κ2) is 5.61. The topological polar surface area (TPSA) is 52.5 Å². The zero-order valence-electron chi connectivity index (χ0n) is 10.9. The van der Waals surface area contributed by atoms with Crippen LogP contribution in [0.4, 0.5) is 5.95 Å². The van der Waals surface area contributed by atoms with E-state index in [1.807, 2.05) is 0 Å². The Labute approximate surface area is 118 Å². The number of hydrogen-bond donors (Lipinski definition) is 1. The lowest BCUT2D eigenvalue weighted by Crippen LogP contribution is -2.44. The first kappa shape index (κ1) is 13.1. The Bertz CT molecular complexity index is 419. The molecule has 1 unspecified atom stereocenters. The van der Waals surface area contributed by atoms with Crippen LogP contribution in [0.5, 0.6) is 0 Å². The summed E-state index contributed by atoms with van der Waals surface area (Å²) in [5.41, 5.74) is 0. The standard InChI is InChI=1S/C13H19ClN4O/c14-10-7-15-13(16-8-10)17-4-1-11(2-5-17)18-6-3-12(19)9-18/h7-8,11-12,19H,1-6,9H2. The monoisotopic (exact) mass is 282 g/mol. The van der Waals surface area contributed by atoms with Gasteiger partial charge < -0.3 is 10.0 Å². The number of piperidine rings is 1. The average molecular weight is 283 g/mol. The van der Waals surface area contributed by atoms with Crippen molar-refractivity contribution >= 4 is 17.5 Å². The first-order chi connectivity index (χ1) is 9.22. The summed E-state index contributed by atoms with van der Waals surface area (Å²) >= 11 is 5.80. The number of likely N-dealkylation sites (tertiary alicyclic amines) is 1. The van der Waals surface area contributed by atoms with Crippen LogP contribution < -0.4 is 4.90 Å². The summed E-state index contributed by atoms with van der Waals surface area (Å²) < 4.78 is 0. The molecule has 0 aliphatic carbocycles. The van der Waals surface area contributed by atoms with Gasteiger partial charge in [0.15, 0.2) is 0 Å². The van der Waals surface area contributed by atoms with Crippen molar-refractivity contribution < 1.29 is 5.11 Å². The molecule has 1 atom stereocenters. The van der Waals surface area contributed by atoms with Gasteiger partial charge in [-0.25, -0.2) is 9.97 Å². The van der Waals surface area contributed by atoms with Crippen LogP contribution in [0.15, 0.2) is 12.4 Å². The fourth-order valence-electron chi connectivity index (χ4n) is 3.00. The quantitative estimate of drug-likeness (QED) is 0.882. The molecule has 0 amide bonds. The zero-order chi connectivity index (χ0) is 13.2. The highest BCUT2D eigenvalue weighted by atomic mass is 35.5. The van der Waals surface area contributed by atoms with Crippen molar-refractivity contribution in [2.45, 2.75) is 31.4 Å². The van der Waals surface area contributed by atoms with E-state index in [2.05, 4.69) is 19.8 Å². The number of nitrogens with zero attached hydrogens (tertiary/aromatic N) is 4. The first-order valence-corrected chi connectivity index (χ1v) is 7.25. The van der Waals surface area contributed by atoms with Crippen LogP contribution in [0.1, 0.15) is 19.3 Å². The summed E-state index contributed by atoms with van der Waals surface area (Å²) in [5.74, 6) is 0.768. The fraction of sp³-hybridized carbons (Fsp3) is 0.692. The lowest BCUT2D eigenvalue weighted by Gasteiger charge is -2.36. The van der Waals surface area contributed by atoms with E-state index in [-0.39, 0.29) is 6.10 Å². The maximum absolute atomic E-state index is 9.60. The highest BCUT2D eigenvalue weighted by molar-refractivity contribution is 6.30. The first-order valence-electron chi connectivity index (χ1n) is 6.87. The van der Waals surface area contributed by atoms with Crippen LogP contribution in [0.3, 0.4) is 0 Å². The van der Waals surface area contributed by atoms with Gasteiger partial charge in [0.05, 0.1) is 23.5 Å². The van der Waals surface area contributed by atoms with Gasteiger partial charge in [0.25, 0.3) is 0 Å². The predicted molar refractivity (Wildman–Crippen MR) is 74.5 cm³/mol. The zero-order valence-corrected chi connectivity index (χ0v) is 11.6. The summed E-state index contributed by atoms with van der Waals surface area (Å²) in [6, 6.07) is 0.598. The van der Waals surface area contributed by atoms with Crippen molar-refractivity contribution in [2.24, 2.45) is 0 Å². The maximum atomic E-state index is 9.60. The van der Waals surface area contributed by atoms with Crippen molar-refractivity contribution in [3.05, 3.63) is 17.4 Å². The summed E-state index contributed by atoms with van der Waals surface area (Å²) in [6.07, 6.45) is 6.30. The Morgan fingerprint density at radius 1 is 1.11 bits per heavy atom. The molecule has 5 nitrogen and oxygen atoms in total. The number of rotatable bonds is 2. The number of β-amino-alcohol motifs (C(OH)–C–C–N with tert-alkyl or cyclic N) is 1. The molecular weight excluding hydrogens is 264 g/mol. The second-order valence-electron chi connectivity index (χ2n) is 5.36. The molecule has 2 aliphatic heterocycles. The van der Waals surface area contributed by atoms with Crippen LogP contribution in [-0.2, 0) is 0 Å². The van der Waals surface area contributed by atoms with E-state index in [1.54, 1.807) is 12.4 Å². The van der Waals surface area contributed by atoms with Crippen LogP contribution in [-0.4, -0.2) is 58.3 Å². The molecule has 1 aromatic rings. The van der Waals surface area contributed by atoms with E-state index in [0.717, 1.165) is 51.4 Å². The Balaban J connectivity index is 1.56. The second-order valence-corrected chi connectivity index (χ2v) is 5.79. The Kier molecular flexibility index (Phi) is 3.86. The van der Waals surface area contributed by atoms with Gasteiger partial charge in [-0.1, -0.05) is 11.6 Å². The minimum atomic E-state index is -0.127. The van der Waals surface area contributed by atoms with Crippen molar-refractivity contribution in [1.82, 2.24) is 14.9 Å². The maximum Gasteiger partial charge on any atom is 0.225 e. The van der Waals surface area contributed by atoms with Crippen LogP contribution in [0.2, 0.25) is 5.02 Å². The van der Waals surface area contributed by atoms with Crippen LogP contribution in [0, 0.1) is 0 Å². The van der Waals surface area contributed by atoms with E-state index < -0.39 is 0 Å². The lowest BCUT2D eigenvalue weighted by atomic mass is 10.0. The third-order valence-electron chi connectivity index (χ3n) is 4.07. The third kappa shape index (κ3) is 2.99. The van der Waals surface area contributed by atoms with E-state index in [9.17, 15) is 5.11 Å². The summed E-state index contributed by atoms with van der Waals surface area (Å²) in [5, 5.41) is 10.2. The van der Waals surface area contributed by atoms with E-state index >= 15 is 0 Å². The van der Waals surface area contributed by atoms with Gasteiger partial charge in [-0.3, -0.25) is 4.90 Å². The molecule has 3 rings (SSSR count). The van der Waals surface area contributed by atoms with Gasteiger partial charge in [0, 0.05) is 32.2 Å². The largest absolute Gasteiger partial charge is 0.392 e. The third-order valence-corrected chi connectivity index (χ3v) is 4.26. The van der Waals surface area contributed by atoms with Gasteiger partial charge in [0.2, 0.25) is 5.95 Å². The molecule has 2 fully saturated rings. The number of aliphatic hydroxyl groups excluding tert-OH is 1. The molecule has 2 aliphatic rings. The van der Waals surface area contributed by atoms with Gasteiger partial charge in [-0.2, -0.15) is 0 Å². The van der Waals surface area contributed by atoms with Gasteiger partial charge in [-0.05, 0) is 19.3 Å². The molecule has 104 valence electrons. The summed E-state index contributed by atoms with van der Waals surface area (Å²) in [6.45, 7) is 3.81. The molecule has 0 bridgehead atoms. The Morgan fingerprint density at radius 3 is 2.37 bits per heavy atom. The van der Waals surface area contributed by atoms with Gasteiger partial charge >= 0.3 is 0 Å². The minimum absolute atomic E-state index is 0.127. The van der Waals surface area contributed by atoms with E-state index in [1.165, 1.54) is 0 Å². The van der Waals surface area contributed by atoms with Crippen molar-refractivity contribution in [2.75, 3.05) is 31.1 Å². The number of hydrogen-bond acceptors (Lipinski definition) is 5. The lowest BCUT2D eigenvalue weighted by molar-refractivity contribution is 0.148. The van der Waals surface area contributed by atoms with Crippen molar-refractivity contribution in [3.63, 3.8) is 0 Å². The molecule has 0 saturated carbocycles. The Morgan fingerprint density at radius 2 is 1.79 bits per heavy atom. The molecule has 2 saturated heterocycles. The van der Waals surface area contributed by atoms with Crippen molar-refractivity contribution in [1.29, 1.82) is 0 Å². The molecule has 19 heavy (non-hydrogen) atoms. The molecule has 6 heteroatoms. The molecule has 1 N–H and O–H groups in total. The van der Waals surface area contributed by atoms with Crippen molar-refractivity contribution in [3.8, 4) is 0 Å². The number of halogens is 1. The number of aliphatic hydroxyl groups is 1. The highest BCUT2D eigenvalue weighted by Crippen LogP contribution is 2.23. The fourth-order valence-corrected chi connectivity index (χ4v) is 3.10. The summed E-state index contributed by atoms with van der Waals surface area (Å²) in [4.78, 5) is 13.2. The molecule has 0 radical (unpaired) electrons.